The molecule has 7 nitrogen and oxygen atoms in total. The van der Waals surface area contributed by atoms with E-state index in [4.69, 9.17) is 14.6 Å². The van der Waals surface area contributed by atoms with Gasteiger partial charge in [0.1, 0.15) is 11.5 Å². The fourth-order valence-corrected chi connectivity index (χ4v) is 6.68. The summed E-state index contributed by atoms with van der Waals surface area (Å²) in [7, 11) is 3.15. The molecule has 2 heterocycles. The normalized spacial score (nSPS) is 20.0. The van der Waals surface area contributed by atoms with Crippen molar-refractivity contribution in [3.8, 4) is 11.5 Å². The predicted octanol–water partition coefficient (Wildman–Crippen LogP) is 7.36. The highest BCUT2D eigenvalue weighted by Crippen LogP contribution is 2.49. The average molecular weight is 609 g/mol. The molecule has 1 saturated heterocycles. The Morgan fingerprint density at radius 3 is 2.34 bits per heavy atom. The number of rotatable bonds is 8. The van der Waals surface area contributed by atoms with Gasteiger partial charge in [0.05, 0.1) is 36.9 Å². The number of carbonyl (C=O) groups is 1. The summed E-state index contributed by atoms with van der Waals surface area (Å²) in [6.45, 7) is 3.14. The molecule has 44 heavy (non-hydrogen) atoms. The zero-order valence-corrected chi connectivity index (χ0v) is 25.5. The number of allylic oxidation sites excluding steroid dienone is 3. The molecule has 4 aliphatic rings. The van der Waals surface area contributed by atoms with Crippen molar-refractivity contribution in [3.63, 3.8) is 0 Å². The van der Waals surface area contributed by atoms with E-state index in [1.165, 1.54) is 6.07 Å². The van der Waals surface area contributed by atoms with Crippen molar-refractivity contribution in [2.45, 2.75) is 76.9 Å². The monoisotopic (exact) mass is 608 g/mol. The number of carbonyl (C=O) groups excluding carboxylic acids is 1. The van der Waals surface area contributed by atoms with Crippen molar-refractivity contribution >= 4 is 23.0 Å². The molecule has 2 aromatic carbocycles. The number of hydrogen-bond acceptors (Lipinski definition) is 6. The number of amides is 1. The number of nitrogens with one attached hydrogen (secondary N) is 1. The van der Waals surface area contributed by atoms with Gasteiger partial charge in [-0.05, 0) is 98.4 Å². The molecule has 0 bridgehead atoms. The first-order valence-corrected chi connectivity index (χ1v) is 15.5. The Kier molecular flexibility index (Phi) is 8.35. The van der Waals surface area contributed by atoms with Gasteiger partial charge in [0.15, 0.2) is 0 Å². The summed E-state index contributed by atoms with van der Waals surface area (Å²) in [6, 6.07) is 9.81. The number of hydrogen-bond donors (Lipinski definition) is 1. The first-order valence-electron chi connectivity index (χ1n) is 15.5. The molecular formula is C34H39F3N4O3. The Morgan fingerprint density at radius 1 is 1.00 bits per heavy atom. The Morgan fingerprint density at radius 2 is 1.70 bits per heavy atom. The summed E-state index contributed by atoms with van der Waals surface area (Å²) >= 11 is 0. The maximum atomic E-state index is 14.7. The van der Waals surface area contributed by atoms with Gasteiger partial charge >= 0.3 is 6.18 Å². The van der Waals surface area contributed by atoms with Crippen LogP contribution in [0.25, 0.3) is 0 Å². The van der Waals surface area contributed by atoms with E-state index < -0.39 is 11.7 Å². The summed E-state index contributed by atoms with van der Waals surface area (Å²) in [5.41, 5.74) is 5.53. The van der Waals surface area contributed by atoms with Crippen molar-refractivity contribution < 1.29 is 27.4 Å². The van der Waals surface area contributed by atoms with Gasteiger partial charge in [-0.15, -0.1) is 0 Å². The minimum Gasteiger partial charge on any atom is -0.497 e. The van der Waals surface area contributed by atoms with E-state index in [1.54, 1.807) is 37.4 Å². The van der Waals surface area contributed by atoms with Gasteiger partial charge in [-0.25, -0.2) is 5.01 Å². The lowest BCUT2D eigenvalue weighted by atomic mass is 9.85. The number of ether oxygens (including phenoxy) is 2. The van der Waals surface area contributed by atoms with E-state index >= 15 is 0 Å². The molecule has 6 rings (SSSR count). The summed E-state index contributed by atoms with van der Waals surface area (Å²) in [5.74, 6) is 1.18. The average Bonchev–Trinajstić information content (AvgIpc) is 3.66. The van der Waals surface area contributed by atoms with Gasteiger partial charge in [0.25, 0.3) is 0 Å². The molecule has 2 aliphatic carbocycles. The molecule has 1 amide bonds. The van der Waals surface area contributed by atoms with Crippen LogP contribution in [0.5, 0.6) is 11.5 Å². The molecule has 2 aromatic rings. The van der Waals surface area contributed by atoms with Crippen LogP contribution in [0.1, 0.15) is 75.8 Å². The lowest BCUT2D eigenvalue weighted by Crippen LogP contribution is -2.37. The van der Waals surface area contributed by atoms with Crippen molar-refractivity contribution in [1.82, 2.24) is 5.32 Å². The third kappa shape index (κ3) is 5.78. The lowest BCUT2D eigenvalue weighted by molar-refractivity contribution is -0.137. The van der Waals surface area contributed by atoms with Gasteiger partial charge in [0, 0.05) is 42.9 Å². The van der Waals surface area contributed by atoms with Gasteiger partial charge in [-0.2, -0.15) is 18.3 Å². The Hall–Kier alpha value is -3.95. The SMILES string of the molecule is CCCC(=O)NC1CCN(c2ccc(C(F)(F)F)c(N3N=C(c4cc(OC)cc(OC)c4)C4=C(CCC4)C3=C3CCC3)c2)C1. The number of methoxy groups -OCH3 is 2. The molecule has 1 saturated carbocycles. The predicted molar refractivity (Wildman–Crippen MR) is 165 cm³/mol. The van der Waals surface area contributed by atoms with E-state index in [1.807, 2.05) is 19.1 Å². The third-order valence-electron chi connectivity index (χ3n) is 9.03. The van der Waals surface area contributed by atoms with Gasteiger partial charge in [-0.1, -0.05) is 6.92 Å². The van der Waals surface area contributed by atoms with Crippen LogP contribution >= 0.6 is 0 Å². The summed E-state index contributed by atoms with van der Waals surface area (Å²) in [4.78, 5) is 14.3. The lowest BCUT2D eigenvalue weighted by Gasteiger charge is -2.36. The number of anilines is 2. The maximum absolute atomic E-state index is 14.7. The number of benzene rings is 2. The minimum absolute atomic E-state index is 0.00854. The van der Waals surface area contributed by atoms with Crippen molar-refractivity contribution in [1.29, 1.82) is 0 Å². The van der Waals surface area contributed by atoms with Crippen LogP contribution < -0.4 is 24.7 Å². The summed E-state index contributed by atoms with van der Waals surface area (Å²) in [5, 5.41) is 9.71. The highest BCUT2D eigenvalue weighted by molar-refractivity contribution is 6.15. The van der Waals surface area contributed by atoms with E-state index in [9.17, 15) is 18.0 Å². The molecular weight excluding hydrogens is 569 g/mol. The van der Waals surface area contributed by atoms with Crippen molar-refractivity contribution in [2.75, 3.05) is 37.2 Å². The van der Waals surface area contributed by atoms with E-state index in [0.717, 1.165) is 79.3 Å². The highest BCUT2D eigenvalue weighted by atomic mass is 19.4. The van der Waals surface area contributed by atoms with Crippen LogP contribution in [-0.4, -0.2) is 45.0 Å². The second-order valence-electron chi connectivity index (χ2n) is 11.9. The number of alkyl halides is 3. The number of halogens is 3. The van der Waals surface area contributed by atoms with Crippen LogP contribution in [0.3, 0.4) is 0 Å². The van der Waals surface area contributed by atoms with Gasteiger partial charge < -0.3 is 19.7 Å². The maximum Gasteiger partial charge on any atom is 0.418 e. The molecule has 10 heteroatoms. The molecule has 0 radical (unpaired) electrons. The molecule has 0 aromatic heterocycles. The first-order chi connectivity index (χ1) is 21.2. The van der Waals surface area contributed by atoms with Crippen molar-refractivity contribution in [2.24, 2.45) is 5.10 Å². The smallest absolute Gasteiger partial charge is 0.418 e. The van der Waals surface area contributed by atoms with E-state index in [-0.39, 0.29) is 17.6 Å². The zero-order chi connectivity index (χ0) is 31.0. The fourth-order valence-electron chi connectivity index (χ4n) is 6.68. The van der Waals surface area contributed by atoms with Crippen molar-refractivity contribution in [3.05, 3.63) is 69.9 Å². The minimum atomic E-state index is -4.58. The van der Waals surface area contributed by atoms with Gasteiger partial charge in [0.2, 0.25) is 5.91 Å². The number of hydrazone groups is 1. The Bertz CT molecular complexity index is 1520. The quantitative estimate of drug-likeness (QED) is 0.339. The zero-order valence-electron chi connectivity index (χ0n) is 25.5. The summed E-state index contributed by atoms with van der Waals surface area (Å²) in [6.07, 6.45) is 2.63. The molecule has 1 unspecified atom stereocenters. The van der Waals surface area contributed by atoms with Crippen LogP contribution in [0.15, 0.2) is 63.9 Å². The highest BCUT2D eigenvalue weighted by Gasteiger charge is 2.40. The second kappa shape index (κ2) is 12.2. The van der Waals surface area contributed by atoms with Crippen LogP contribution in [-0.2, 0) is 11.0 Å². The molecule has 2 fully saturated rings. The Labute approximate surface area is 256 Å². The molecule has 1 atom stereocenters. The standard InChI is InChI=1S/C34H39F3N4O3/c1-4-7-31(42)38-23-14-15-40(20-23)24-12-13-29(34(35,36)37)30(18-24)41-33(21-8-5-9-21)28-11-6-10-27(28)32(39-41)22-16-25(43-2)19-26(17-22)44-3/h12-13,16-19,23H,4-11,14-15,20H2,1-3H3,(H,38,42). The van der Waals surface area contributed by atoms with Gasteiger partial charge in [-0.3, -0.25) is 4.79 Å². The van der Waals surface area contributed by atoms with E-state index in [0.29, 0.717) is 42.4 Å². The molecule has 1 N–H and O–H groups in total. The number of nitrogens with zero attached hydrogens (tertiary/aromatic N) is 3. The molecule has 0 spiro atoms. The molecule has 234 valence electrons. The Balaban J connectivity index is 1.47. The topological polar surface area (TPSA) is 66.4 Å². The van der Waals surface area contributed by atoms with E-state index in [2.05, 4.69) is 10.2 Å². The molecule has 2 aliphatic heterocycles. The van der Waals surface area contributed by atoms with Crippen LogP contribution in [0.4, 0.5) is 24.5 Å². The largest absolute Gasteiger partial charge is 0.497 e. The van der Waals surface area contributed by atoms with Crippen LogP contribution in [0, 0.1) is 0 Å². The third-order valence-corrected chi connectivity index (χ3v) is 9.03. The fraction of sp³-hybridized carbons (Fsp3) is 0.471. The first kappa shape index (κ1) is 30.1. The second-order valence-corrected chi connectivity index (χ2v) is 11.9. The summed E-state index contributed by atoms with van der Waals surface area (Å²) < 4.78 is 55.2. The van der Waals surface area contributed by atoms with Crippen LogP contribution in [0.2, 0.25) is 0 Å².